The van der Waals surface area contributed by atoms with Gasteiger partial charge in [0.05, 0.1) is 0 Å². The highest BCUT2D eigenvalue weighted by Crippen LogP contribution is 1.97. The van der Waals surface area contributed by atoms with Crippen LogP contribution in [0.2, 0.25) is 0 Å². The van der Waals surface area contributed by atoms with Crippen molar-refractivity contribution in [2.45, 2.75) is 52.4 Å². The zero-order valence-corrected chi connectivity index (χ0v) is 8.55. The van der Waals surface area contributed by atoms with Crippen LogP contribution in [0.1, 0.15) is 52.4 Å². The second-order valence-electron chi connectivity index (χ2n) is 3.14. The Balaban J connectivity index is 3.15. The van der Waals surface area contributed by atoms with Crippen LogP contribution in [0.15, 0.2) is 24.3 Å². The van der Waals surface area contributed by atoms with Crippen LogP contribution in [0.4, 0.5) is 0 Å². The predicted octanol–water partition coefficient (Wildman–Crippen LogP) is 4.48. The van der Waals surface area contributed by atoms with Crippen LogP contribution in [-0.4, -0.2) is 0 Å². The molecule has 0 aliphatic heterocycles. The van der Waals surface area contributed by atoms with Gasteiger partial charge in [0.15, 0.2) is 0 Å². The van der Waals surface area contributed by atoms with Crippen molar-refractivity contribution in [3.05, 3.63) is 24.3 Å². The van der Waals surface area contributed by atoms with E-state index in [9.17, 15) is 0 Å². The topological polar surface area (TPSA) is 0 Å². The molecule has 12 heavy (non-hydrogen) atoms. The average Bonchev–Trinajstić information content (AvgIpc) is 2.10. The predicted molar refractivity (Wildman–Crippen MR) is 57.3 cm³/mol. The highest BCUT2D eigenvalue weighted by Gasteiger charge is 1.77. The molecule has 0 aromatic rings. The summed E-state index contributed by atoms with van der Waals surface area (Å²) >= 11 is 0. The van der Waals surface area contributed by atoms with E-state index in [1.54, 1.807) is 0 Å². The Kier molecular flexibility index (Phi) is 10.0. The van der Waals surface area contributed by atoms with Crippen molar-refractivity contribution in [3.8, 4) is 0 Å². The number of hydrogen-bond acceptors (Lipinski definition) is 0. The van der Waals surface area contributed by atoms with Gasteiger partial charge in [-0.25, -0.2) is 0 Å². The van der Waals surface area contributed by atoms with Gasteiger partial charge in [-0.15, -0.1) is 0 Å². The third-order valence-electron chi connectivity index (χ3n) is 1.83. The largest absolute Gasteiger partial charge is 0.0845 e. The van der Waals surface area contributed by atoms with Crippen molar-refractivity contribution < 1.29 is 0 Å². The van der Waals surface area contributed by atoms with Crippen molar-refractivity contribution in [2.75, 3.05) is 0 Å². The lowest BCUT2D eigenvalue weighted by Gasteiger charge is -1.87. The van der Waals surface area contributed by atoms with Gasteiger partial charge in [-0.05, 0) is 12.8 Å². The highest BCUT2D eigenvalue weighted by atomic mass is 13.8. The Morgan fingerprint density at radius 2 is 1.17 bits per heavy atom. The summed E-state index contributed by atoms with van der Waals surface area (Å²) in [6, 6.07) is 0. The molecule has 0 saturated carbocycles. The Bertz CT molecular complexity index is 104. The maximum Gasteiger partial charge on any atom is -0.0348 e. The molecule has 0 fully saturated rings. The van der Waals surface area contributed by atoms with Gasteiger partial charge in [-0.1, -0.05) is 63.8 Å². The second kappa shape index (κ2) is 10.5. The lowest BCUT2D eigenvalue weighted by Crippen LogP contribution is -1.67. The van der Waals surface area contributed by atoms with Gasteiger partial charge in [0, 0.05) is 0 Å². The van der Waals surface area contributed by atoms with Gasteiger partial charge >= 0.3 is 0 Å². The fourth-order valence-electron chi connectivity index (χ4n) is 0.994. The van der Waals surface area contributed by atoms with E-state index in [0.29, 0.717) is 0 Å². The molecule has 0 heteroatoms. The first-order chi connectivity index (χ1) is 5.91. The molecular formula is C12H22. The minimum absolute atomic E-state index is 1.23. The molecule has 0 aliphatic carbocycles. The quantitative estimate of drug-likeness (QED) is 0.386. The minimum atomic E-state index is 1.23. The normalized spacial score (nSPS) is 11.8. The number of hydrogen-bond donors (Lipinski definition) is 0. The van der Waals surface area contributed by atoms with Crippen LogP contribution in [-0.2, 0) is 0 Å². The third kappa shape index (κ3) is 9.48. The van der Waals surface area contributed by atoms with E-state index >= 15 is 0 Å². The van der Waals surface area contributed by atoms with Gasteiger partial charge in [0.1, 0.15) is 0 Å². The Morgan fingerprint density at radius 1 is 0.750 bits per heavy atom. The molecule has 0 radical (unpaired) electrons. The highest BCUT2D eigenvalue weighted by molar-refractivity contribution is 5.02. The molecule has 0 nitrogen and oxygen atoms in total. The molecule has 0 N–H and O–H groups in total. The van der Waals surface area contributed by atoms with Gasteiger partial charge in [-0.2, -0.15) is 0 Å². The molecule has 0 saturated heterocycles. The van der Waals surface area contributed by atoms with Crippen molar-refractivity contribution in [1.82, 2.24) is 0 Å². The summed E-state index contributed by atoms with van der Waals surface area (Å²) in [6.07, 6.45) is 16.5. The zero-order valence-electron chi connectivity index (χ0n) is 8.55. The molecule has 0 unspecified atom stereocenters. The molecule has 0 atom stereocenters. The first-order valence-corrected chi connectivity index (χ1v) is 5.23. The maximum atomic E-state index is 2.26. The van der Waals surface area contributed by atoms with E-state index < -0.39 is 0 Å². The molecule has 0 rings (SSSR count). The molecule has 0 amide bonds. The molecule has 0 aromatic carbocycles. The number of allylic oxidation sites excluding steroid dienone is 4. The Morgan fingerprint density at radius 3 is 1.50 bits per heavy atom. The van der Waals surface area contributed by atoms with Crippen LogP contribution in [0, 0.1) is 0 Å². The lowest BCUT2D eigenvalue weighted by molar-refractivity contribution is 0.812. The molecule has 0 heterocycles. The van der Waals surface area contributed by atoms with Crippen molar-refractivity contribution in [1.29, 1.82) is 0 Å². The van der Waals surface area contributed by atoms with Crippen LogP contribution in [0.5, 0.6) is 0 Å². The summed E-state index contributed by atoms with van der Waals surface area (Å²) in [4.78, 5) is 0. The lowest BCUT2D eigenvalue weighted by atomic mass is 10.2. The van der Waals surface area contributed by atoms with E-state index in [1.165, 1.54) is 38.5 Å². The maximum absolute atomic E-state index is 2.26. The van der Waals surface area contributed by atoms with Gasteiger partial charge in [0.2, 0.25) is 0 Å². The smallest absolute Gasteiger partial charge is 0.0348 e. The third-order valence-corrected chi connectivity index (χ3v) is 1.83. The SMILES string of the molecule is CCCCC=CC=CCCCC. The van der Waals surface area contributed by atoms with Crippen LogP contribution in [0.3, 0.4) is 0 Å². The minimum Gasteiger partial charge on any atom is -0.0845 e. The standard InChI is InChI=1S/C12H22/c1-3-5-7-9-11-12-10-8-6-4-2/h9-12H,3-8H2,1-2H3. The summed E-state index contributed by atoms with van der Waals surface area (Å²) in [6.45, 7) is 4.45. The first-order valence-electron chi connectivity index (χ1n) is 5.23. The van der Waals surface area contributed by atoms with E-state index in [-0.39, 0.29) is 0 Å². The summed E-state index contributed by atoms with van der Waals surface area (Å²) in [5.74, 6) is 0. The first kappa shape index (κ1) is 11.5. The number of rotatable bonds is 7. The fourth-order valence-corrected chi connectivity index (χ4v) is 0.994. The average molecular weight is 166 g/mol. The molecular weight excluding hydrogens is 144 g/mol. The van der Waals surface area contributed by atoms with Gasteiger partial charge in [-0.3, -0.25) is 0 Å². The van der Waals surface area contributed by atoms with E-state index in [2.05, 4.69) is 38.2 Å². The molecule has 0 aromatic heterocycles. The van der Waals surface area contributed by atoms with Crippen molar-refractivity contribution >= 4 is 0 Å². The summed E-state index contributed by atoms with van der Waals surface area (Å²) in [7, 11) is 0. The van der Waals surface area contributed by atoms with E-state index in [4.69, 9.17) is 0 Å². The van der Waals surface area contributed by atoms with Crippen molar-refractivity contribution in [3.63, 3.8) is 0 Å². The molecule has 0 bridgehead atoms. The fraction of sp³-hybridized carbons (Fsp3) is 0.667. The monoisotopic (exact) mass is 166 g/mol. The van der Waals surface area contributed by atoms with Crippen LogP contribution in [0.25, 0.3) is 0 Å². The second-order valence-corrected chi connectivity index (χ2v) is 3.14. The molecule has 0 aliphatic rings. The van der Waals surface area contributed by atoms with Crippen LogP contribution < -0.4 is 0 Å². The summed E-state index contributed by atoms with van der Waals surface area (Å²) in [5.41, 5.74) is 0. The molecule has 70 valence electrons. The van der Waals surface area contributed by atoms with Crippen LogP contribution >= 0.6 is 0 Å². The van der Waals surface area contributed by atoms with E-state index in [1.807, 2.05) is 0 Å². The number of unbranched alkanes of at least 4 members (excludes halogenated alkanes) is 4. The summed E-state index contributed by atoms with van der Waals surface area (Å²) < 4.78 is 0. The summed E-state index contributed by atoms with van der Waals surface area (Å²) in [5, 5.41) is 0. The van der Waals surface area contributed by atoms with Gasteiger partial charge < -0.3 is 0 Å². The zero-order chi connectivity index (χ0) is 9.07. The Labute approximate surface area is 77.4 Å². The molecule has 0 spiro atoms. The van der Waals surface area contributed by atoms with Crippen molar-refractivity contribution in [2.24, 2.45) is 0 Å². The van der Waals surface area contributed by atoms with E-state index in [0.717, 1.165) is 0 Å². The Hall–Kier alpha value is -0.520. The van der Waals surface area contributed by atoms with Gasteiger partial charge in [0.25, 0.3) is 0 Å².